The van der Waals surface area contributed by atoms with Crippen LogP contribution in [0, 0.1) is 6.92 Å². The van der Waals surface area contributed by atoms with Gasteiger partial charge in [0.2, 0.25) is 5.90 Å². The third-order valence-corrected chi connectivity index (χ3v) is 4.11. The van der Waals surface area contributed by atoms with Crippen molar-refractivity contribution in [1.29, 1.82) is 0 Å². The van der Waals surface area contributed by atoms with E-state index in [0.29, 0.717) is 5.90 Å². The lowest BCUT2D eigenvalue weighted by molar-refractivity contribution is -0.129. The summed E-state index contributed by atoms with van der Waals surface area (Å²) in [6, 6.07) is 15.3. The minimum Gasteiger partial charge on any atom is -0.490 e. The average Bonchev–Trinajstić information content (AvgIpc) is 2.97. The molecule has 3 rings (SSSR count). The van der Waals surface area contributed by atoms with E-state index in [2.05, 4.69) is 11.9 Å². The molecule has 0 spiro atoms. The molecule has 1 aliphatic rings. The normalized spacial score (nSPS) is 16.5. The first-order valence-electron chi connectivity index (χ1n) is 8.42. The van der Waals surface area contributed by atoms with Crippen LogP contribution in [0.1, 0.15) is 37.0 Å². The molecule has 0 aromatic heterocycles. The summed E-state index contributed by atoms with van der Waals surface area (Å²) in [5.41, 5.74) is 2.92. The molecule has 1 atom stereocenters. The average molecular weight is 335 g/mol. The molecular formula is C21H21NO3. The molecule has 1 aliphatic heterocycles. The van der Waals surface area contributed by atoms with Gasteiger partial charge in [-0.3, -0.25) is 0 Å². The number of para-hydroxylation sites is 1. The molecule has 0 aliphatic carbocycles. The summed E-state index contributed by atoms with van der Waals surface area (Å²) in [5, 5.41) is 0. The van der Waals surface area contributed by atoms with E-state index in [1.54, 1.807) is 6.08 Å². The number of esters is 1. The van der Waals surface area contributed by atoms with Crippen molar-refractivity contribution in [1.82, 2.24) is 0 Å². The van der Waals surface area contributed by atoms with Crippen molar-refractivity contribution in [3.8, 4) is 5.75 Å². The molecule has 1 heterocycles. The van der Waals surface area contributed by atoms with Crippen LogP contribution in [0.5, 0.6) is 5.75 Å². The lowest BCUT2D eigenvalue weighted by atomic mass is 10.1. The molecule has 2 aromatic rings. The van der Waals surface area contributed by atoms with Gasteiger partial charge in [-0.2, -0.15) is 0 Å². The first-order chi connectivity index (χ1) is 12.1. The van der Waals surface area contributed by atoms with E-state index < -0.39 is 5.97 Å². The highest BCUT2D eigenvalue weighted by molar-refractivity contribution is 6.13. The summed E-state index contributed by atoms with van der Waals surface area (Å²) in [6.45, 7) is 6.05. The van der Waals surface area contributed by atoms with Crippen LogP contribution in [0.3, 0.4) is 0 Å². The van der Waals surface area contributed by atoms with Crippen LogP contribution in [0.2, 0.25) is 0 Å². The molecule has 1 unspecified atom stereocenters. The van der Waals surface area contributed by atoms with Gasteiger partial charge in [-0.15, -0.1) is 0 Å². The Hall–Kier alpha value is -2.88. The summed E-state index contributed by atoms with van der Waals surface area (Å²) in [6.07, 6.45) is 2.72. The van der Waals surface area contributed by atoms with Crippen molar-refractivity contribution >= 4 is 17.9 Å². The van der Waals surface area contributed by atoms with Crippen molar-refractivity contribution in [2.45, 2.75) is 33.3 Å². The maximum atomic E-state index is 12.2. The Kier molecular flexibility index (Phi) is 4.98. The van der Waals surface area contributed by atoms with Gasteiger partial charge >= 0.3 is 5.97 Å². The van der Waals surface area contributed by atoms with Gasteiger partial charge in [0.25, 0.3) is 0 Å². The van der Waals surface area contributed by atoms with E-state index in [-0.39, 0.29) is 11.8 Å². The van der Waals surface area contributed by atoms with Gasteiger partial charge in [0.05, 0.1) is 6.10 Å². The summed E-state index contributed by atoms with van der Waals surface area (Å²) in [7, 11) is 0. The number of ether oxygens (including phenoxy) is 2. The van der Waals surface area contributed by atoms with Gasteiger partial charge < -0.3 is 9.47 Å². The molecule has 0 radical (unpaired) electrons. The van der Waals surface area contributed by atoms with Crippen molar-refractivity contribution in [2.24, 2.45) is 4.99 Å². The van der Waals surface area contributed by atoms with Crippen molar-refractivity contribution < 1.29 is 14.3 Å². The fraction of sp³-hybridized carbons (Fsp3) is 0.238. The van der Waals surface area contributed by atoms with E-state index >= 15 is 0 Å². The molecule has 128 valence electrons. The highest BCUT2D eigenvalue weighted by Crippen LogP contribution is 2.26. The van der Waals surface area contributed by atoms with Gasteiger partial charge in [0.1, 0.15) is 5.75 Å². The van der Waals surface area contributed by atoms with Gasteiger partial charge in [-0.25, -0.2) is 9.79 Å². The Morgan fingerprint density at radius 1 is 1.16 bits per heavy atom. The quantitative estimate of drug-likeness (QED) is 0.596. The molecule has 0 saturated carbocycles. The Labute approximate surface area is 147 Å². The summed E-state index contributed by atoms with van der Waals surface area (Å²) < 4.78 is 11.3. The number of nitrogens with zero attached hydrogens (tertiary/aromatic N) is 1. The zero-order chi connectivity index (χ0) is 17.8. The van der Waals surface area contributed by atoms with Crippen molar-refractivity contribution in [2.75, 3.05) is 0 Å². The first-order valence-corrected chi connectivity index (χ1v) is 8.42. The first kappa shape index (κ1) is 17.0. The number of aliphatic imine (C=N–C) groups is 1. The second-order valence-electron chi connectivity index (χ2n) is 6.03. The maximum Gasteiger partial charge on any atom is 0.363 e. The number of benzene rings is 2. The molecule has 0 saturated heterocycles. The highest BCUT2D eigenvalue weighted by Gasteiger charge is 2.25. The van der Waals surface area contributed by atoms with Crippen LogP contribution in [0.25, 0.3) is 6.08 Å². The van der Waals surface area contributed by atoms with Crippen LogP contribution in [0.15, 0.2) is 59.2 Å². The largest absolute Gasteiger partial charge is 0.490 e. The van der Waals surface area contributed by atoms with E-state index in [1.165, 1.54) is 0 Å². The third kappa shape index (κ3) is 3.79. The molecular weight excluding hydrogens is 314 g/mol. The van der Waals surface area contributed by atoms with E-state index in [1.807, 2.05) is 62.4 Å². The number of cyclic esters (lactones) is 1. The molecule has 2 aromatic carbocycles. The van der Waals surface area contributed by atoms with Crippen molar-refractivity contribution in [3.05, 3.63) is 70.9 Å². The molecule has 25 heavy (non-hydrogen) atoms. The van der Waals surface area contributed by atoms with Crippen LogP contribution >= 0.6 is 0 Å². The number of carbonyl (C=O) groups excluding carboxylic acids is 1. The topological polar surface area (TPSA) is 47.9 Å². The maximum absolute atomic E-state index is 12.2. The second-order valence-corrected chi connectivity index (χ2v) is 6.03. The van der Waals surface area contributed by atoms with Gasteiger partial charge in [-0.05, 0) is 44.0 Å². The Balaban J connectivity index is 1.94. The third-order valence-electron chi connectivity index (χ3n) is 4.11. The van der Waals surface area contributed by atoms with Gasteiger partial charge in [0, 0.05) is 11.1 Å². The summed E-state index contributed by atoms with van der Waals surface area (Å²) in [5.74, 6) is 0.628. The smallest absolute Gasteiger partial charge is 0.363 e. The predicted molar refractivity (Wildman–Crippen MR) is 98.6 cm³/mol. The van der Waals surface area contributed by atoms with Crippen LogP contribution in [0.4, 0.5) is 0 Å². The van der Waals surface area contributed by atoms with Gasteiger partial charge in [-0.1, -0.05) is 43.3 Å². The Morgan fingerprint density at radius 2 is 1.88 bits per heavy atom. The SMILES string of the molecule is CCC(C)Oc1ccccc1/C=C1\N=C(c2ccccc2C)OC1=O. The van der Waals surface area contributed by atoms with Crippen LogP contribution < -0.4 is 4.74 Å². The Bertz CT molecular complexity index is 852. The Morgan fingerprint density at radius 3 is 2.64 bits per heavy atom. The summed E-state index contributed by atoms with van der Waals surface area (Å²) in [4.78, 5) is 16.6. The van der Waals surface area contributed by atoms with Crippen LogP contribution in [-0.4, -0.2) is 18.0 Å². The molecule has 4 heteroatoms. The summed E-state index contributed by atoms with van der Waals surface area (Å²) >= 11 is 0. The van der Waals surface area contributed by atoms with Crippen LogP contribution in [-0.2, 0) is 9.53 Å². The minimum atomic E-state index is -0.448. The molecule has 0 N–H and O–H groups in total. The van der Waals surface area contributed by atoms with E-state index in [4.69, 9.17) is 9.47 Å². The standard InChI is InChI=1S/C21H21NO3/c1-4-15(3)24-19-12-8-6-10-16(19)13-18-21(23)25-20(22-18)17-11-7-5-9-14(17)2/h5-13,15H,4H2,1-3H3/b18-13-. The van der Waals surface area contributed by atoms with E-state index in [9.17, 15) is 4.79 Å². The number of hydrogen-bond acceptors (Lipinski definition) is 4. The number of carbonyl (C=O) groups is 1. The number of rotatable bonds is 5. The zero-order valence-electron chi connectivity index (χ0n) is 14.7. The fourth-order valence-corrected chi connectivity index (χ4v) is 2.49. The zero-order valence-corrected chi connectivity index (χ0v) is 14.7. The number of hydrogen-bond donors (Lipinski definition) is 0. The highest BCUT2D eigenvalue weighted by atomic mass is 16.6. The number of aryl methyl sites for hydroxylation is 1. The lowest BCUT2D eigenvalue weighted by Gasteiger charge is -2.14. The van der Waals surface area contributed by atoms with Crippen molar-refractivity contribution in [3.63, 3.8) is 0 Å². The molecule has 4 nitrogen and oxygen atoms in total. The minimum absolute atomic E-state index is 0.0983. The molecule has 0 fully saturated rings. The lowest BCUT2D eigenvalue weighted by Crippen LogP contribution is -2.10. The monoisotopic (exact) mass is 335 g/mol. The predicted octanol–water partition coefficient (Wildman–Crippen LogP) is 4.52. The fourth-order valence-electron chi connectivity index (χ4n) is 2.49. The second kappa shape index (κ2) is 7.34. The van der Waals surface area contributed by atoms with Gasteiger partial charge in [0.15, 0.2) is 5.70 Å². The molecule has 0 bridgehead atoms. The van der Waals surface area contributed by atoms with E-state index in [0.717, 1.165) is 28.9 Å². The molecule has 0 amide bonds.